The molecule has 0 spiro atoms. The van der Waals surface area contributed by atoms with Crippen LogP contribution in [0.4, 0.5) is 17.2 Å². The third-order valence-electron chi connectivity index (χ3n) is 4.01. The van der Waals surface area contributed by atoms with Crippen LogP contribution in [0.1, 0.15) is 15.9 Å². The number of hydrogen-bond donors (Lipinski definition) is 2. The molecule has 26 heavy (non-hydrogen) atoms. The normalized spacial score (nSPS) is 13.7. The van der Waals surface area contributed by atoms with Crippen molar-refractivity contribution in [3.8, 4) is 0 Å². The lowest BCUT2D eigenvalue weighted by Crippen LogP contribution is -2.43. The van der Waals surface area contributed by atoms with Crippen molar-refractivity contribution < 1.29 is 9.72 Å². The van der Waals surface area contributed by atoms with Gasteiger partial charge in [-0.2, -0.15) is 0 Å². The van der Waals surface area contributed by atoms with Crippen molar-refractivity contribution in [1.29, 1.82) is 0 Å². The first kappa shape index (κ1) is 19.6. The second kappa shape index (κ2) is 8.59. The minimum absolute atomic E-state index is 0. The standard InChI is InChI=1S/C17H19N5O3.ClH/c1-12-8-13(10-15(9-12)22(24)25)17(23)20-16-3-2-14(11-19-16)21-6-4-18-5-7-21;/h2-3,8-11,18H,4-7H2,1H3,(H,19,20,23);1H. The highest BCUT2D eigenvalue weighted by atomic mass is 35.5. The molecular weight excluding hydrogens is 358 g/mol. The molecule has 2 N–H and O–H groups in total. The first-order valence-corrected chi connectivity index (χ1v) is 8.02. The maximum absolute atomic E-state index is 12.3. The number of nitro groups is 1. The van der Waals surface area contributed by atoms with E-state index in [1.165, 1.54) is 12.1 Å². The highest BCUT2D eigenvalue weighted by Crippen LogP contribution is 2.19. The van der Waals surface area contributed by atoms with E-state index in [4.69, 9.17) is 0 Å². The Morgan fingerprint density at radius 2 is 2.00 bits per heavy atom. The van der Waals surface area contributed by atoms with Gasteiger partial charge < -0.3 is 15.5 Å². The van der Waals surface area contributed by atoms with Crippen molar-refractivity contribution in [3.63, 3.8) is 0 Å². The summed E-state index contributed by atoms with van der Waals surface area (Å²) >= 11 is 0. The van der Waals surface area contributed by atoms with Crippen LogP contribution in [0.5, 0.6) is 0 Å². The van der Waals surface area contributed by atoms with Crippen LogP contribution in [0.15, 0.2) is 36.5 Å². The van der Waals surface area contributed by atoms with Gasteiger partial charge >= 0.3 is 0 Å². The van der Waals surface area contributed by atoms with Gasteiger partial charge in [-0.1, -0.05) is 0 Å². The van der Waals surface area contributed by atoms with E-state index in [1.54, 1.807) is 25.3 Å². The number of aromatic nitrogens is 1. The number of rotatable bonds is 4. The van der Waals surface area contributed by atoms with Gasteiger partial charge in [-0.05, 0) is 30.7 Å². The summed E-state index contributed by atoms with van der Waals surface area (Å²) in [5, 5.41) is 16.9. The van der Waals surface area contributed by atoms with E-state index in [1.807, 2.05) is 6.07 Å². The highest BCUT2D eigenvalue weighted by Gasteiger charge is 2.15. The van der Waals surface area contributed by atoms with Crippen LogP contribution in [-0.2, 0) is 0 Å². The largest absolute Gasteiger partial charge is 0.368 e. The van der Waals surface area contributed by atoms with Crippen LogP contribution < -0.4 is 15.5 Å². The van der Waals surface area contributed by atoms with Gasteiger partial charge in [-0.15, -0.1) is 12.4 Å². The molecule has 1 aliphatic heterocycles. The van der Waals surface area contributed by atoms with Gasteiger partial charge in [0.2, 0.25) is 0 Å². The molecule has 0 saturated carbocycles. The Bertz CT molecular complexity index is 791. The number of anilines is 2. The van der Waals surface area contributed by atoms with Gasteiger partial charge in [-0.25, -0.2) is 4.98 Å². The van der Waals surface area contributed by atoms with E-state index in [-0.39, 0.29) is 23.7 Å². The van der Waals surface area contributed by atoms with E-state index in [0.717, 1.165) is 31.9 Å². The van der Waals surface area contributed by atoms with Gasteiger partial charge in [0.05, 0.1) is 16.8 Å². The predicted molar refractivity (Wildman–Crippen MR) is 102 cm³/mol. The molecule has 8 nitrogen and oxygen atoms in total. The number of carbonyl (C=O) groups excluding carboxylic acids is 1. The van der Waals surface area contributed by atoms with Crippen LogP contribution in [0.3, 0.4) is 0 Å². The number of hydrogen-bond acceptors (Lipinski definition) is 6. The number of nitro benzene ring substituents is 1. The van der Waals surface area contributed by atoms with Crippen LogP contribution in [0, 0.1) is 17.0 Å². The molecule has 0 radical (unpaired) electrons. The molecule has 0 bridgehead atoms. The Morgan fingerprint density at radius 1 is 1.27 bits per heavy atom. The Labute approximate surface area is 157 Å². The van der Waals surface area contributed by atoms with E-state index >= 15 is 0 Å². The molecule has 1 fully saturated rings. The van der Waals surface area contributed by atoms with E-state index < -0.39 is 10.8 Å². The number of nitrogens with zero attached hydrogens (tertiary/aromatic N) is 3. The van der Waals surface area contributed by atoms with Crippen molar-refractivity contribution in [1.82, 2.24) is 10.3 Å². The minimum atomic E-state index is -0.510. The second-order valence-corrected chi connectivity index (χ2v) is 5.91. The monoisotopic (exact) mass is 377 g/mol. The summed E-state index contributed by atoms with van der Waals surface area (Å²) < 4.78 is 0. The van der Waals surface area contributed by atoms with E-state index in [2.05, 4.69) is 20.5 Å². The zero-order valence-corrected chi connectivity index (χ0v) is 15.1. The zero-order valence-electron chi connectivity index (χ0n) is 14.3. The number of benzene rings is 1. The third kappa shape index (κ3) is 4.68. The van der Waals surface area contributed by atoms with Crippen LogP contribution >= 0.6 is 12.4 Å². The zero-order chi connectivity index (χ0) is 17.8. The molecule has 0 aliphatic carbocycles. The average Bonchev–Trinajstić information content (AvgIpc) is 2.62. The fourth-order valence-corrected chi connectivity index (χ4v) is 2.76. The summed E-state index contributed by atoms with van der Waals surface area (Å²) in [6.45, 7) is 5.42. The van der Waals surface area contributed by atoms with Gasteiger partial charge in [0.25, 0.3) is 11.6 Å². The summed E-state index contributed by atoms with van der Waals surface area (Å²) in [6, 6.07) is 7.94. The third-order valence-corrected chi connectivity index (χ3v) is 4.01. The summed E-state index contributed by atoms with van der Waals surface area (Å²) in [4.78, 5) is 29.2. The highest BCUT2D eigenvalue weighted by molar-refractivity contribution is 6.04. The van der Waals surface area contributed by atoms with E-state index in [9.17, 15) is 14.9 Å². The first-order chi connectivity index (χ1) is 12.0. The lowest BCUT2D eigenvalue weighted by atomic mass is 10.1. The lowest BCUT2D eigenvalue weighted by Gasteiger charge is -2.29. The summed E-state index contributed by atoms with van der Waals surface area (Å²) in [6.07, 6.45) is 1.72. The SMILES string of the molecule is Cc1cc(C(=O)Nc2ccc(N3CCNCC3)cn2)cc([N+](=O)[O-])c1.Cl. The van der Waals surface area contributed by atoms with E-state index in [0.29, 0.717) is 11.4 Å². The number of non-ortho nitro benzene ring substituents is 1. The smallest absolute Gasteiger partial charge is 0.270 e. The fraction of sp³-hybridized carbons (Fsp3) is 0.294. The number of pyridine rings is 1. The maximum atomic E-state index is 12.3. The van der Waals surface area contributed by atoms with Crippen molar-refractivity contribution in [2.75, 3.05) is 36.4 Å². The predicted octanol–water partition coefficient (Wildman–Crippen LogP) is 2.38. The Hall–Kier alpha value is -2.71. The van der Waals surface area contributed by atoms with Crippen LogP contribution in [0.25, 0.3) is 0 Å². The van der Waals surface area contributed by atoms with Gasteiger partial charge in [0, 0.05) is 43.9 Å². The quantitative estimate of drug-likeness (QED) is 0.626. The molecule has 2 aromatic rings. The van der Waals surface area contributed by atoms with Crippen molar-refractivity contribution >= 4 is 35.5 Å². The van der Waals surface area contributed by atoms with Crippen molar-refractivity contribution in [2.45, 2.75) is 6.92 Å². The number of halogens is 1. The molecule has 1 amide bonds. The molecule has 9 heteroatoms. The van der Waals surface area contributed by atoms with Gasteiger partial charge in [-0.3, -0.25) is 14.9 Å². The first-order valence-electron chi connectivity index (χ1n) is 8.02. The van der Waals surface area contributed by atoms with Crippen molar-refractivity contribution in [2.24, 2.45) is 0 Å². The Kier molecular flexibility index (Phi) is 6.48. The molecule has 1 aromatic carbocycles. The minimum Gasteiger partial charge on any atom is -0.368 e. The summed E-state index contributed by atoms with van der Waals surface area (Å²) in [5.41, 5.74) is 1.79. The summed E-state index contributed by atoms with van der Waals surface area (Å²) in [5.74, 6) is -0.0118. The Morgan fingerprint density at radius 3 is 2.62 bits per heavy atom. The average molecular weight is 378 g/mol. The van der Waals surface area contributed by atoms with Crippen molar-refractivity contribution in [3.05, 3.63) is 57.8 Å². The number of carbonyl (C=O) groups is 1. The van der Waals surface area contributed by atoms with Crippen LogP contribution in [-0.4, -0.2) is 42.0 Å². The molecule has 0 atom stereocenters. The number of piperazine rings is 1. The molecule has 138 valence electrons. The summed E-state index contributed by atoms with van der Waals surface area (Å²) in [7, 11) is 0. The molecule has 0 unspecified atom stereocenters. The maximum Gasteiger partial charge on any atom is 0.270 e. The van der Waals surface area contributed by atoms with Gasteiger partial charge in [0.1, 0.15) is 5.82 Å². The number of amides is 1. The molecule has 1 aromatic heterocycles. The molecule has 1 saturated heterocycles. The number of aryl methyl sites for hydroxylation is 1. The molecule has 1 aliphatic rings. The number of nitrogens with one attached hydrogen (secondary N) is 2. The van der Waals surface area contributed by atoms with Crippen LogP contribution in [0.2, 0.25) is 0 Å². The topological polar surface area (TPSA) is 100 Å². The molecule has 2 heterocycles. The lowest BCUT2D eigenvalue weighted by molar-refractivity contribution is -0.384. The molecule has 3 rings (SSSR count). The fourth-order valence-electron chi connectivity index (χ4n) is 2.76. The molecular formula is C17H20ClN5O3. The van der Waals surface area contributed by atoms with Gasteiger partial charge in [0.15, 0.2) is 0 Å². The Balaban J connectivity index is 0.00000243. The second-order valence-electron chi connectivity index (χ2n) is 5.91.